The fourth-order valence-electron chi connectivity index (χ4n) is 4.01. The number of Topliss-reactive ketones (excluding diaryl/α,β-unsaturated/α-hetero) is 1. The number of carbonyl (C=O) groups is 1. The molecule has 0 aromatic carbocycles. The summed E-state index contributed by atoms with van der Waals surface area (Å²) >= 11 is 0. The van der Waals surface area contributed by atoms with E-state index < -0.39 is 0 Å². The first-order chi connectivity index (χ1) is 8.79. The number of ether oxygens (including phenoxy) is 2. The second-order valence-electron chi connectivity index (χ2n) is 6.24. The Morgan fingerprint density at radius 1 is 1.11 bits per heavy atom. The minimum Gasteiger partial charge on any atom is -0.380 e. The van der Waals surface area contributed by atoms with Crippen molar-refractivity contribution in [2.24, 2.45) is 11.8 Å². The molecule has 1 saturated carbocycles. The lowest BCUT2D eigenvalue weighted by Gasteiger charge is -2.45. The molecule has 0 aromatic heterocycles. The molecule has 3 nitrogen and oxygen atoms in total. The molecular formula is C15H24O3. The van der Waals surface area contributed by atoms with E-state index in [4.69, 9.17) is 9.47 Å². The SMILES string of the molecule is O=C1CCOCC1C1CCOC2(CCCCC2)C1. The third-order valence-electron chi connectivity index (χ3n) is 5.07. The van der Waals surface area contributed by atoms with Gasteiger partial charge in [0.25, 0.3) is 0 Å². The fourth-order valence-corrected chi connectivity index (χ4v) is 4.01. The van der Waals surface area contributed by atoms with Crippen LogP contribution in [-0.4, -0.2) is 31.2 Å². The van der Waals surface area contributed by atoms with Crippen molar-refractivity contribution >= 4 is 5.78 Å². The molecule has 3 aliphatic rings. The van der Waals surface area contributed by atoms with Gasteiger partial charge in [-0.2, -0.15) is 0 Å². The largest absolute Gasteiger partial charge is 0.380 e. The van der Waals surface area contributed by atoms with Crippen LogP contribution in [0.3, 0.4) is 0 Å². The molecule has 102 valence electrons. The van der Waals surface area contributed by atoms with Crippen molar-refractivity contribution in [3.63, 3.8) is 0 Å². The van der Waals surface area contributed by atoms with E-state index in [-0.39, 0.29) is 11.5 Å². The molecule has 18 heavy (non-hydrogen) atoms. The van der Waals surface area contributed by atoms with E-state index in [0.717, 1.165) is 19.4 Å². The summed E-state index contributed by atoms with van der Waals surface area (Å²) < 4.78 is 11.6. The fraction of sp³-hybridized carbons (Fsp3) is 0.933. The Balaban J connectivity index is 1.67. The van der Waals surface area contributed by atoms with Crippen molar-refractivity contribution in [3.8, 4) is 0 Å². The first kappa shape index (κ1) is 12.6. The van der Waals surface area contributed by atoms with Crippen LogP contribution in [0.15, 0.2) is 0 Å². The van der Waals surface area contributed by atoms with Gasteiger partial charge < -0.3 is 9.47 Å². The molecule has 2 aliphatic heterocycles. The summed E-state index contributed by atoms with van der Waals surface area (Å²) in [6.45, 7) is 2.12. The van der Waals surface area contributed by atoms with Gasteiger partial charge in [-0.05, 0) is 31.6 Å². The van der Waals surface area contributed by atoms with E-state index in [1.165, 1.54) is 32.1 Å². The first-order valence-electron chi connectivity index (χ1n) is 7.54. The van der Waals surface area contributed by atoms with Crippen LogP contribution in [0.1, 0.15) is 51.4 Å². The maximum atomic E-state index is 12.0. The maximum absolute atomic E-state index is 12.0. The van der Waals surface area contributed by atoms with Gasteiger partial charge in [-0.1, -0.05) is 19.3 Å². The van der Waals surface area contributed by atoms with Gasteiger partial charge in [0.2, 0.25) is 0 Å². The van der Waals surface area contributed by atoms with Crippen LogP contribution in [0.25, 0.3) is 0 Å². The van der Waals surface area contributed by atoms with Gasteiger partial charge in [0.1, 0.15) is 5.78 Å². The second kappa shape index (κ2) is 5.30. The average molecular weight is 252 g/mol. The quantitative estimate of drug-likeness (QED) is 0.720. The summed E-state index contributed by atoms with van der Waals surface area (Å²) in [5.74, 6) is 1.09. The number of rotatable bonds is 1. The van der Waals surface area contributed by atoms with Gasteiger partial charge >= 0.3 is 0 Å². The molecule has 0 amide bonds. The predicted octanol–water partition coefficient (Wildman–Crippen LogP) is 2.72. The normalized spacial score (nSPS) is 36.8. The number of carbonyl (C=O) groups excluding carboxylic acids is 1. The Hall–Kier alpha value is -0.410. The molecule has 2 atom stereocenters. The van der Waals surface area contributed by atoms with Gasteiger partial charge in [-0.15, -0.1) is 0 Å². The molecular weight excluding hydrogens is 228 g/mol. The number of ketones is 1. The van der Waals surface area contributed by atoms with E-state index >= 15 is 0 Å². The van der Waals surface area contributed by atoms with Crippen molar-refractivity contribution in [1.29, 1.82) is 0 Å². The topological polar surface area (TPSA) is 35.5 Å². The Morgan fingerprint density at radius 3 is 2.72 bits per heavy atom. The predicted molar refractivity (Wildman–Crippen MR) is 68.4 cm³/mol. The van der Waals surface area contributed by atoms with Crippen LogP contribution in [-0.2, 0) is 14.3 Å². The van der Waals surface area contributed by atoms with E-state index in [1.807, 2.05) is 0 Å². The van der Waals surface area contributed by atoms with Crippen LogP contribution in [0.2, 0.25) is 0 Å². The van der Waals surface area contributed by atoms with Crippen molar-refractivity contribution < 1.29 is 14.3 Å². The summed E-state index contributed by atoms with van der Waals surface area (Å²) in [7, 11) is 0. The zero-order valence-electron chi connectivity index (χ0n) is 11.2. The molecule has 0 N–H and O–H groups in total. The molecule has 1 spiro atoms. The first-order valence-corrected chi connectivity index (χ1v) is 7.54. The highest BCUT2D eigenvalue weighted by atomic mass is 16.5. The van der Waals surface area contributed by atoms with Gasteiger partial charge in [0.05, 0.1) is 18.8 Å². The van der Waals surface area contributed by atoms with Gasteiger partial charge in [-0.25, -0.2) is 0 Å². The zero-order valence-corrected chi connectivity index (χ0v) is 11.2. The summed E-state index contributed by atoms with van der Waals surface area (Å²) in [6.07, 6.45) is 9.09. The average Bonchev–Trinajstić information content (AvgIpc) is 2.40. The minimum absolute atomic E-state index is 0.110. The molecule has 2 unspecified atom stereocenters. The van der Waals surface area contributed by atoms with E-state index in [1.54, 1.807) is 0 Å². The maximum Gasteiger partial charge on any atom is 0.140 e. The van der Waals surface area contributed by atoms with Gasteiger partial charge in [0.15, 0.2) is 0 Å². The number of hydrogen-bond acceptors (Lipinski definition) is 3. The second-order valence-corrected chi connectivity index (χ2v) is 6.24. The Kier molecular flexibility index (Phi) is 3.71. The molecule has 3 rings (SSSR count). The highest BCUT2D eigenvalue weighted by Gasteiger charge is 2.42. The molecule has 3 fully saturated rings. The Labute approximate surface area is 109 Å². The zero-order chi connectivity index (χ0) is 12.4. The molecule has 2 saturated heterocycles. The van der Waals surface area contributed by atoms with Gasteiger partial charge in [-0.3, -0.25) is 4.79 Å². The minimum atomic E-state index is 0.110. The van der Waals surface area contributed by atoms with Gasteiger partial charge in [0, 0.05) is 18.9 Å². The monoisotopic (exact) mass is 252 g/mol. The Morgan fingerprint density at radius 2 is 1.94 bits per heavy atom. The van der Waals surface area contributed by atoms with Crippen molar-refractivity contribution in [2.45, 2.75) is 57.0 Å². The van der Waals surface area contributed by atoms with Crippen molar-refractivity contribution in [1.82, 2.24) is 0 Å². The highest BCUT2D eigenvalue weighted by molar-refractivity contribution is 5.82. The molecule has 2 heterocycles. The Bertz CT molecular complexity index is 301. The van der Waals surface area contributed by atoms with Crippen LogP contribution >= 0.6 is 0 Å². The van der Waals surface area contributed by atoms with E-state index in [9.17, 15) is 4.79 Å². The van der Waals surface area contributed by atoms with Crippen molar-refractivity contribution in [3.05, 3.63) is 0 Å². The lowest BCUT2D eigenvalue weighted by molar-refractivity contribution is -0.149. The van der Waals surface area contributed by atoms with E-state index in [0.29, 0.717) is 31.3 Å². The van der Waals surface area contributed by atoms with Crippen molar-refractivity contribution in [2.75, 3.05) is 19.8 Å². The van der Waals surface area contributed by atoms with E-state index in [2.05, 4.69) is 0 Å². The van der Waals surface area contributed by atoms with Crippen LogP contribution in [0.5, 0.6) is 0 Å². The highest BCUT2D eigenvalue weighted by Crippen LogP contribution is 2.43. The molecule has 0 aromatic rings. The van der Waals surface area contributed by atoms with Crippen LogP contribution in [0, 0.1) is 11.8 Å². The third-order valence-corrected chi connectivity index (χ3v) is 5.07. The summed E-state index contributed by atoms with van der Waals surface area (Å²) in [5, 5.41) is 0. The number of hydrogen-bond donors (Lipinski definition) is 0. The molecule has 0 bridgehead atoms. The molecule has 0 radical (unpaired) electrons. The van der Waals surface area contributed by atoms with Crippen LogP contribution < -0.4 is 0 Å². The lowest BCUT2D eigenvalue weighted by Crippen LogP contribution is -2.46. The van der Waals surface area contributed by atoms with Crippen LogP contribution in [0.4, 0.5) is 0 Å². The lowest BCUT2D eigenvalue weighted by atomic mass is 9.71. The summed E-state index contributed by atoms with van der Waals surface area (Å²) in [5.41, 5.74) is 0.110. The molecule has 1 aliphatic carbocycles. The smallest absolute Gasteiger partial charge is 0.140 e. The summed E-state index contributed by atoms with van der Waals surface area (Å²) in [6, 6.07) is 0. The standard InChI is InChI=1S/C15H24O3/c16-14-5-8-17-11-13(14)12-4-9-18-15(10-12)6-2-1-3-7-15/h12-13H,1-11H2. The third kappa shape index (κ3) is 2.48. The summed E-state index contributed by atoms with van der Waals surface area (Å²) in [4.78, 5) is 12.0. The molecule has 3 heteroatoms.